The Kier molecular flexibility index (Phi) is 6.98. The summed E-state index contributed by atoms with van der Waals surface area (Å²) in [5.74, 6) is -0.603. The van der Waals surface area contributed by atoms with Crippen molar-refractivity contribution >= 4 is 0 Å². The van der Waals surface area contributed by atoms with Crippen LogP contribution in [0.1, 0.15) is 31.2 Å². The van der Waals surface area contributed by atoms with Gasteiger partial charge in [0.1, 0.15) is 23.6 Å². The van der Waals surface area contributed by atoms with E-state index in [1.807, 2.05) is 12.1 Å². The van der Waals surface area contributed by atoms with Crippen molar-refractivity contribution in [3.8, 4) is 5.75 Å². The largest absolute Gasteiger partial charge is 0.462 e. The van der Waals surface area contributed by atoms with Gasteiger partial charge in [0.2, 0.25) is 6.29 Å². The van der Waals surface area contributed by atoms with Crippen molar-refractivity contribution in [2.24, 2.45) is 11.8 Å². The van der Waals surface area contributed by atoms with Crippen molar-refractivity contribution in [2.75, 3.05) is 6.61 Å². The first-order valence-electron chi connectivity index (χ1n) is 11.5. The summed E-state index contributed by atoms with van der Waals surface area (Å²) in [6.45, 7) is 3.58. The molecule has 6 N–H and O–H groups in total. The maximum Gasteiger partial charge on any atom is 0.232 e. The molecule has 1 saturated carbocycles. The fourth-order valence-corrected chi connectivity index (χ4v) is 5.68. The zero-order valence-corrected chi connectivity index (χ0v) is 18.5. The topological polar surface area (TPSA) is 140 Å². The highest BCUT2D eigenvalue weighted by atomic mass is 16.7. The van der Waals surface area contributed by atoms with E-state index in [-0.39, 0.29) is 38.2 Å². The summed E-state index contributed by atoms with van der Waals surface area (Å²) in [4.78, 5) is 0. The van der Waals surface area contributed by atoms with Gasteiger partial charge < -0.3 is 40.1 Å². The van der Waals surface area contributed by atoms with Crippen LogP contribution in [-0.2, 0) is 11.2 Å². The Morgan fingerprint density at radius 1 is 1.18 bits per heavy atom. The van der Waals surface area contributed by atoms with Gasteiger partial charge in [0, 0.05) is 12.5 Å². The number of hydrogen-bond donors (Lipinski definition) is 6. The molecule has 2 aliphatic carbocycles. The molecular weight excluding hydrogens is 428 g/mol. The van der Waals surface area contributed by atoms with Gasteiger partial charge >= 0.3 is 0 Å². The Morgan fingerprint density at radius 3 is 2.58 bits per heavy atom. The van der Waals surface area contributed by atoms with Crippen molar-refractivity contribution in [2.45, 2.75) is 74.0 Å². The number of allylic oxidation sites excluding steroid dienone is 2. The Bertz CT molecular complexity index is 856. The van der Waals surface area contributed by atoms with Gasteiger partial charge in [-0.25, -0.2) is 0 Å². The van der Waals surface area contributed by atoms with Gasteiger partial charge in [-0.1, -0.05) is 30.4 Å². The summed E-state index contributed by atoms with van der Waals surface area (Å²) in [5, 5.41) is 64.8. The quantitative estimate of drug-likeness (QED) is 0.306. The number of rotatable bonds is 8. The highest BCUT2D eigenvalue weighted by Gasteiger charge is 2.71. The number of hydrogen-bond acceptors (Lipinski definition) is 8. The van der Waals surface area contributed by atoms with Gasteiger partial charge in [0.25, 0.3) is 0 Å². The highest BCUT2D eigenvalue weighted by Crippen LogP contribution is 2.55. The predicted molar refractivity (Wildman–Crippen MR) is 119 cm³/mol. The molecule has 2 fully saturated rings. The zero-order valence-electron chi connectivity index (χ0n) is 18.5. The summed E-state index contributed by atoms with van der Waals surface area (Å²) < 4.78 is 12.0. The standard InChI is InChI=1S/C25H34O8/c1-2-4-15-6-10-18(11-7-15)32-23-25(31)19-13-17(27)9-8-16(19)14-24(30,22(25)29)21(33-23)20(28)5-3-12-26/h2,6-11,16-17,19-23,26-31H,1,3-5,12-14H2/t16-,17-,19+,20+,21-,22+,23+,24-,25-/m1/s1. The van der Waals surface area contributed by atoms with E-state index >= 15 is 0 Å². The molecule has 0 aromatic heterocycles. The fourth-order valence-electron chi connectivity index (χ4n) is 5.68. The second-order valence-corrected chi connectivity index (χ2v) is 9.52. The van der Waals surface area contributed by atoms with E-state index in [9.17, 15) is 25.5 Å². The maximum atomic E-state index is 11.8. The van der Waals surface area contributed by atoms with Crippen LogP contribution in [0.15, 0.2) is 49.1 Å². The molecule has 33 heavy (non-hydrogen) atoms. The van der Waals surface area contributed by atoms with E-state index < -0.39 is 47.8 Å². The number of aliphatic hydroxyl groups excluding tert-OH is 4. The fraction of sp³-hybridized carbons (Fsp3) is 0.600. The minimum atomic E-state index is -2.03. The second kappa shape index (κ2) is 9.46. The van der Waals surface area contributed by atoms with Crippen LogP contribution in [0.2, 0.25) is 0 Å². The SMILES string of the molecule is C=CCc1ccc(O[C@H]2O[C@H]([C@@H](O)CCCO)[C@]3(O)C[C@H]4C=C[C@@H](O)C[C@@H]4[C@@]2(O)[C@H]3O)cc1. The Labute approximate surface area is 193 Å². The molecule has 2 bridgehead atoms. The molecule has 8 nitrogen and oxygen atoms in total. The minimum absolute atomic E-state index is 0.0498. The van der Waals surface area contributed by atoms with Gasteiger partial charge in [-0.2, -0.15) is 0 Å². The zero-order chi connectivity index (χ0) is 23.8. The molecule has 4 rings (SSSR count). The van der Waals surface area contributed by atoms with Gasteiger partial charge in [0.15, 0.2) is 5.60 Å². The number of aliphatic hydroxyl groups is 6. The lowest BCUT2D eigenvalue weighted by atomic mass is 9.55. The first kappa shape index (κ1) is 24.3. The van der Waals surface area contributed by atoms with Crippen LogP contribution in [-0.4, -0.2) is 79.2 Å². The minimum Gasteiger partial charge on any atom is -0.462 e. The van der Waals surface area contributed by atoms with E-state index in [2.05, 4.69) is 6.58 Å². The first-order valence-corrected chi connectivity index (χ1v) is 11.5. The Hall–Kier alpha value is -1.78. The Balaban J connectivity index is 1.70. The predicted octanol–water partition coefficient (Wildman–Crippen LogP) is 0.432. The number of fused-ring (bicyclic) bond motifs is 4. The third-order valence-electron chi connectivity index (χ3n) is 7.36. The monoisotopic (exact) mass is 462 g/mol. The normalized spacial score (nSPS) is 40.7. The van der Waals surface area contributed by atoms with Crippen LogP contribution >= 0.6 is 0 Å². The summed E-state index contributed by atoms with van der Waals surface area (Å²) in [5.41, 5.74) is -2.95. The molecule has 0 spiro atoms. The lowest BCUT2D eigenvalue weighted by Crippen LogP contribution is -2.80. The molecule has 1 saturated heterocycles. The van der Waals surface area contributed by atoms with Crippen LogP contribution in [0.5, 0.6) is 5.75 Å². The second-order valence-electron chi connectivity index (χ2n) is 9.52. The lowest BCUT2D eigenvalue weighted by molar-refractivity contribution is -0.393. The molecule has 0 unspecified atom stereocenters. The molecule has 0 amide bonds. The van der Waals surface area contributed by atoms with Crippen molar-refractivity contribution in [1.82, 2.24) is 0 Å². The molecular formula is C25H34O8. The van der Waals surface area contributed by atoms with Gasteiger partial charge in [-0.3, -0.25) is 0 Å². The van der Waals surface area contributed by atoms with Crippen LogP contribution in [0, 0.1) is 11.8 Å². The van der Waals surface area contributed by atoms with E-state index in [4.69, 9.17) is 14.6 Å². The molecule has 182 valence electrons. The smallest absolute Gasteiger partial charge is 0.232 e. The molecule has 9 atom stereocenters. The van der Waals surface area contributed by atoms with E-state index in [1.165, 1.54) is 0 Å². The number of benzene rings is 1. The van der Waals surface area contributed by atoms with Crippen LogP contribution in [0.4, 0.5) is 0 Å². The molecule has 1 aromatic carbocycles. The molecule has 1 aliphatic heterocycles. The van der Waals surface area contributed by atoms with E-state index in [0.29, 0.717) is 12.2 Å². The molecule has 3 aliphatic rings. The third kappa shape index (κ3) is 4.25. The molecule has 1 heterocycles. The van der Waals surface area contributed by atoms with E-state index in [1.54, 1.807) is 30.4 Å². The van der Waals surface area contributed by atoms with E-state index in [0.717, 1.165) is 5.56 Å². The van der Waals surface area contributed by atoms with Crippen molar-refractivity contribution in [3.05, 3.63) is 54.6 Å². The van der Waals surface area contributed by atoms with Gasteiger partial charge in [0.05, 0.1) is 12.2 Å². The molecule has 0 radical (unpaired) electrons. The summed E-state index contributed by atoms with van der Waals surface area (Å²) in [6, 6.07) is 7.12. The summed E-state index contributed by atoms with van der Waals surface area (Å²) in [6.07, 6.45) is 0.132. The molecule has 8 heteroatoms. The first-order chi connectivity index (χ1) is 15.7. The summed E-state index contributed by atoms with van der Waals surface area (Å²) >= 11 is 0. The van der Waals surface area contributed by atoms with Crippen LogP contribution < -0.4 is 4.74 Å². The van der Waals surface area contributed by atoms with Crippen molar-refractivity contribution < 1.29 is 40.1 Å². The third-order valence-corrected chi connectivity index (χ3v) is 7.36. The van der Waals surface area contributed by atoms with Gasteiger partial charge in [-0.05, 0) is 55.7 Å². The van der Waals surface area contributed by atoms with Crippen LogP contribution in [0.3, 0.4) is 0 Å². The average molecular weight is 463 g/mol. The highest BCUT2D eigenvalue weighted by molar-refractivity contribution is 5.30. The van der Waals surface area contributed by atoms with Gasteiger partial charge in [-0.15, -0.1) is 6.58 Å². The average Bonchev–Trinajstić information content (AvgIpc) is 2.80. The summed E-state index contributed by atoms with van der Waals surface area (Å²) in [7, 11) is 0. The van der Waals surface area contributed by atoms with Crippen molar-refractivity contribution in [1.29, 1.82) is 0 Å². The van der Waals surface area contributed by atoms with Crippen molar-refractivity contribution in [3.63, 3.8) is 0 Å². The Morgan fingerprint density at radius 2 is 1.91 bits per heavy atom. The molecule has 1 aromatic rings. The van der Waals surface area contributed by atoms with Crippen LogP contribution in [0.25, 0.3) is 0 Å². The lowest BCUT2D eigenvalue weighted by Gasteiger charge is -2.62. The number of ether oxygens (including phenoxy) is 2. The maximum absolute atomic E-state index is 11.8.